The van der Waals surface area contributed by atoms with Crippen LogP contribution in [0, 0.1) is 5.92 Å². The van der Waals surface area contributed by atoms with Gasteiger partial charge >= 0.3 is 0 Å². The summed E-state index contributed by atoms with van der Waals surface area (Å²) in [5.74, 6) is 0.612. The van der Waals surface area contributed by atoms with E-state index in [-0.39, 0.29) is 0 Å². The van der Waals surface area contributed by atoms with Crippen LogP contribution >= 0.6 is 0 Å². The van der Waals surface area contributed by atoms with Gasteiger partial charge in [-0.1, -0.05) is 44.2 Å². The molecule has 3 rings (SSSR count). The van der Waals surface area contributed by atoms with Crippen molar-refractivity contribution in [2.75, 3.05) is 26.2 Å². The van der Waals surface area contributed by atoms with Gasteiger partial charge in [0.1, 0.15) is 0 Å². The van der Waals surface area contributed by atoms with Gasteiger partial charge in [0.25, 0.3) is 0 Å². The molecule has 2 saturated heterocycles. The molecule has 0 saturated carbocycles. The van der Waals surface area contributed by atoms with Crippen LogP contribution in [0.2, 0.25) is 0 Å². The average molecular weight is 317 g/mol. The summed E-state index contributed by atoms with van der Waals surface area (Å²) in [7, 11) is 0. The molecule has 1 aromatic rings. The fraction of sp³-hybridized carbons (Fsp3) is 0.714. The fourth-order valence-corrected chi connectivity index (χ4v) is 4.52. The summed E-state index contributed by atoms with van der Waals surface area (Å²) in [4.78, 5) is 1.83. The minimum atomic E-state index is 0.332. The maximum absolute atomic E-state index is 6.10. The molecule has 128 valence electrons. The molecule has 23 heavy (non-hydrogen) atoms. The van der Waals surface area contributed by atoms with Crippen LogP contribution in [0.1, 0.15) is 57.9 Å². The predicted molar refractivity (Wildman–Crippen MR) is 96.0 cm³/mol. The molecule has 2 aliphatic heterocycles. The van der Waals surface area contributed by atoms with E-state index in [1.165, 1.54) is 58.2 Å². The summed E-state index contributed by atoms with van der Waals surface area (Å²) in [5, 5.41) is 0. The van der Waals surface area contributed by atoms with Crippen LogP contribution in [-0.4, -0.2) is 32.3 Å². The number of quaternary nitrogens is 1. The SMILES string of the molecule is CC(C)[C@@H]1C[C@](CC[NH+]2CCCCC2)(c2ccccc2)CCO1. The Morgan fingerprint density at radius 1 is 1.13 bits per heavy atom. The van der Waals surface area contributed by atoms with Crippen molar-refractivity contribution < 1.29 is 9.64 Å². The number of hydrogen-bond acceptors (Lipinski definition) is 1. The van der Waals surface area contributed by atoms with E-state index in [4.69, 9.17) is 4.74 Å². The van der Waals surface area contributed by atoms with Crippen molar-refractivity contribution in [3.8, 4) is 0 Å². The molecule has 2 fully saturated rings. The second kappa shape index (κ2) is 7.81. The van der Waals surface area contributed by atoms with Gasteiger partial charge in [-0.15, -0.1) is 0 Å². The van der Waals surface area contributed by atoms with E-state index >= 15 is 0 Å². The molecule has 0 amide bonds. The van der Waals surface area contributed by atoms with E-state index < -0.39 is 0 Å². The molecule has 1 N–H and O–H groups in total. The van der Waals surface area contributed by atoms with Crippen LogP contribution in [0.3, 0.4) is 0 Å². The first kappa shape index (κ1) is 17.0. The second-order valence-corrected chi connectivity index (χ2v) is 8.06. The molecule has 0 unspecified atom stereocenters. The number of rotatable bonds is 5. The maximum atomic E-state index is 6.10. The van der Waals surface area contributed by atoms with Crippen LogP contribution in [0.25, 0.3) is 0 Å². The highest BCUT2D eigenvalue weighted by atomic mass is 16.5. The van der Waals surface area contributed by atoms with Crippen molar-refractivity contribution >= 4 is 0 Å². The molecular weight excluding hydrogens is 282 g/mol. The lowest BCUT2D eigenvalue weighted by Crippen LogP contribution is -3.13. The molecule has 2 nitrogen and oxygen atoms in total. The van der Waals surface area contributed by atoms with Crippen LogP contribution in [0.15, 0.2) is 30.3 Å². The van der Waals surface area contributed by atoms with Gasteiger partial charge in [-0.2, -0.15) is 0 Å². The molecule has 2 atom stereocenters. The normalized spacial score (nSPS) is 29.8. The van der Waals surface area contributed by atoms with Crippen molar-refractivity contribution in [3.05, 3.63) is 35.9 Å². The van der Waals surface area contributed by atoms with Crippen LogP contribution in [0.5, 0.6) is 0 Å². The molecule has 2 heterocycles. The van der Waals surface area contributed by atoms with E-state index in [0.717, 1.165) is 6.61 Å². The Labute approximate surface area is 142 Å². The summed E-state index contributed by atoms with van der Waals surface area (Å²) < 4.78 is 6.10. The van der Waals surface area contributed by atoms with Crippen molar-refractivity contribution in [2.45, 2.75) is 63.9 Å². The summed E-state index contributed by atoms with van der Waals surface area (Å²) in [5.41, 5.74) is 1.88. The van der Waals surface area contributed by atoms with Crippen LogP contribution in [-0.2, 0) is 10.2 Å². The van der Waals surface area contributed by atoms with E-state index in [1.54, 1.807) is 5.56 Å². The number of piperidine rings is 1. The molecule has 2 heteroatoms. The highest BCUT2D eigenvalue weighted by Crippen LogP contribution is 2.41. The molecular formula is C21H34NO+. The van der Waals surface area contributed by atoms with Gasteiger partial charge < -0.3 is 9.64 Å². The highest BCUT2D eigenvalue weighted by Gasteiger charge is 2.40. The molecule has 0 aromatic heterocycles. The Kier molecular flexibility index (Phi) is 5.76. The summed E-state index contributed by atoms with van der Waals surface area (Å²) >= 11 is 0. The number of ether oxygens (including phenoxy) is 1. The quantitative estimate of drug-likeness (QED) is 0.880. The standard InChI is InChI=1S/C21H33NO/c1-18(2)20-17-21(12-16-23-20,19-9-5-3-6-10-19)11-15-22-13-7-4-8-14-22/h3,5-6,9-10,18,20H,4,7-8,11-17H2,1-2H3/p+1/t20-,21+/m0/s1. The topological polar surface area (TPSA) is 13.7 Å². The Bertz CT molecular complexity index is 466. The first-order valence-corrected chi connectivity index (χ1v) is 9.70. The molecule has 1 aromatic carbocycles. The molecule has 2 aliphatic rings. The van der Waals surface area contributed by atoms with Gasteiger partial charge in [0.05, 0.1) is 25.7 Å². The second-order valence-electron chi connectivity index (χ2n) is 8.06. The molecule has 0 radical (unpaired) electrons. The minimum absolute atomic E-state index is 0.332. The van der Waals surface area contributed by atoms with Gasteiger partial charge in [0.2, 0.25) is 0 Å². The van der Waals surface area contributed by atoms with Gasteiger partial charge in [-0.05, 0) is 43.6 Å². The average Bonchev–Trinajstić information content (AvgIpc) is 2.62. The minimum Gasteiger partial charge on any atom is -0.378 e. The zero-order chi connectivity index (χ0) is 16.1. The third-order valence-electron chi connectivity index (χ3n) is 6.15. The third kappa shape index (κ3) is 4.16. The zero-order valence-corrected chi connectivity index (χ0v) is 15.0. The van der Waals surface area contributed by atoms with Gasteiger partial charge in [-0.25, -0.2) is 0 Å². The van der Waals surface area contributed by atoms with E-state index in [1.807, 2.05) is 4.90 Å². The highest BCUT2D eigenvalue weighted by molar-refractivity contribution is 5.26. The number of benzene rings is 1. The Balaban J connectivity index is 1.75. The predicted octanol–water partition coefficient (Wildman–Crippen LogP) is 3.22. The fourth-order valence-electron chi connectivity index (χ4n) is 4.52. The van der Waals surface area contributed by atoms with Crippen LogP contribution < -0.4 is 4.90 Å². The smallest absolute Gasteiger partial charge is 0.0779 e. The Morgan fingerprint density at radius 3 is 2.57 bits per heavy atom. The lowest BCUT2D eigenvalue weighted by Gasteiger charge is -2.43. The monoisotopic (exact) mass is 316 g/mol. The first-order chi connectivity index (χ1) is 11.2. The van der Waals surface area contributed by atoms with Crippen molar-refractivity contribution in [1.82, 2.24) is 0 Å². The lowest BCUT2D eigenvalue weighted by molar-refractivity contribution is -0.905. The van der Waals surface area contributed by atoms with Crippen molar-refractivity contribution in [3.63, 3.8) is 0 Å². The number of hydrogen-bond donors (Lipinski definition) is 1. The van der Waals surface area contributed by atoms with Gasteiger partial charge in [0.15, 0.2) is 0 Å². The van der Waals surface area contributed by atoms with Gasteiger partial charge in [-0.3, -0.25) is 0 Å². The largest absolute Gasteiger partial charge is 0.378 e. The lowest BCUT2D eigenvalue weighted by atomic mass is 9.68. The molecule has 0 aliphatic carbocycles. The first-order valence-electron chi connectivity index (χ1n) is 9.70. The third-order valence-corrected chi connectivity index (χ3v) is 6.15. The van der Waals surface area contributed by atoms with Crippen molar-refractivity contribution in [1.29, 1.82) is 0 Å². The Morgan fingerprint density at radius 2 is 1.87 bits per heavy atom. The van der Waals surface area contributed by atoms with Crippen molar-refractivity contribution in [2.24, 2.45) is 5.92 Å². The number of likely N-dealkylation sites (tertiary alicyclic amines) is 1. The zero-order valence-electron chi connectivity index (χ0n) is 15.0. The molecule has 0 spiro atoms. The maximum Gasteiger partial charge on any atom is 0.0779 e. The Hall–Kier alpha value is -0.860. The number of nitrogens with one attached hydrogen (secondary N) is 1. The van der Waals surface area contributed by atoms with Gasteiger partial charge in [0, 0.05) is 18.4 Å². The summed E-state index contributed by atoms with van der Waals surface area (Å²) in [6.07, 6.45) is 8.40. The van der Waals surface area contributed by atoms with Crippen LogP contribution in [0.4, 0.5) is 0 Å². The summed E-state index contributed by atoms with van der Waals surface area (Å²) in [6.45, 7) is 9.64. The molecule has 0 bridgehead atoms. The van der Waals surface area contributed by atoms with E-state index in [9.17, 15) is 0 Å². The summed E-state index contributed by atoms with van der Waals surface area (Å²) in [6, 6.07) is 11.3. The van der Waals surface area contributed by atoms with E-state index in [2.05, 4.69) is 44.2 Å². The van der Waals surface area contributed by atoms with E-state index in [0.29, 0.717) is 17.4 Å².